The highest BCUT2D eigenvalue weighted by atomic mass is 35.5. The van der Waals surface area contributed by atoms with E-state index in [1.54, 1.807) is 30.3 Å². The number of hydrogen-bond acceptors (Lipinski definition) is 5. The summed E-state index contributed by atoms with van der Waals surface area (Å²) in [6.45, 7) is 5.35. The van der Waals surface area contributed by atoms with Gasteiger partial charge in [-0.2, -0.15) is 0 Å². The highest BCUT2D eigenvalue weighted by molar-refractivity contribution is 7.92. The fourth-order valence-electron chi connectivity index (χ4n) is 2.89. The van der Waals surface area contributed by atoms with Gasteiger partial charge in [-0.1, -0.05) is 36.2 Å². The lowest BCUT2D eigenvalue weighted by Gasteiger charge is -2.30. The molecule has 0 bridgehead atoms. The molecular weight excluding hydrogens is 435 g/mol. The highest BCUT2D eigenvalue weighted by Crippen LogP contribution is 2.28. The second-order valence-corrected chi connectivity index (χ2v) is 9.36. The van der Waals surface area contributed by atoms with Gasteiger partial charge in [0.25, 0.3) is 0 Å². The van der Waals surface area contributed by atoms with Gasteiger partial charge in [0, 0.05) is 18.3 Å². The lowest BCUT2D eigenvalue weighted by atomic mass is 10.1. The first kappa shape index (κ1) is 23.8. The number of rotatable bonds is 10. The third kappa shape index (κ3) is 7.68. The summed E-state index contributed by atoms with van der Waals surface area (Å²) in [6.07, 6.45) is 0.390. The molecule has 0 spiro atoms. The lowest BCUT2D eigenvalue weighted by Crippen LogP contribution is -2.37. The zero-order chi connectivity index (χ0) is 21.6. The highest BCUT2D eigenvalue weighted by Gasteiger charge is 2.19. The molecule has 1 unspecified atom stereocenters. The van der Waals surface area contributed by atoms with E-state index in [2.05, 4.69) is 9.62 Å². The van der Waals surface area contributed by atoms with Crippen LogP contribution in [-0.4, -0.2) is 50.5 Å². The summed E-state index contributed by atoms with van der Waals surface area (Å²) >= 11 is 12.1. The van der Waals surface area contributed by atoms with Gasteiger partial charge in [0.15, 0.2) is 0 Å². The van der Waals surface area contributed by atoms with E-state index >= 15 is 0 Å². The topological polar surface area (TPSA) is 78.9 Å². The van der Waals surface area contributed by atoms with Crippen LogP contribution in [0.15, 0.2) is 42.5 Å². The number of ether oxygens (including phenoxy) is 1. The van der Waals surface area contributed by atoms with Crippen LogP contribution in [-0.2, 0) is 10.0 Å². The third-order valence-electron chi connectivity index (χ3n) is 4.43. The average Bonchev–Trinajstić information content (AvgIpc) is 2.66. The van der Waals surface area contributed by atoms with Crippen molar-refractivity contribution in [3.63, 3.8) is 0 Å². The van der Waals surface area contributed by atoms with E-state index in [1.165, 1.54) is 0 Å². The second kappa shape index (κ2) is 10.5. The number of benzene rings is 2. The number of likely N-dealkylation sites (N-methyl/N-ethyl adjacent to an activating group) is 1. The predicted octanol–water partition coefficient (Wildman–Crippen LogP) is 4.19. The minimum absolute atomic E-state index is 0.0470. The standard InChI is InChI=1S/C20H26Cl2N2O4S/c1-4-24(14(2)15-5-10-19(21)20(22)11-15)12-17(25)13-28-18-8-6-16(7-9-18)23-29(3,26)27/h5-11,14,17,23,25H,4,12-13H2,1-3H3/t14?,17-/m0/s1. The van der Waals surface area contributed by atoms with Crippen molar-refractivity contribution >= 4 is 38.9 Å². The van der Waals surface area contributed by atoms with Gasteiger partial charge in [0.2, 0.25) is 10.0 Å². The smallest absolute Gasteiger partial charge is 0.229 e. The first-order valence-corrected chi connectivity index (χ1v) is 11.8. The van der Waals surface area contributed by atoms with Crippen molar-refractivity contribution < 1.29 is 18.3 Å². The minimum Gasteiger partial charge on any atom is -0.491 e. The molecule has 2 N–H and O–H groups in total. The summed E-state index contributed by atoms with van der Waals surface area (Å²) < 4.78 is 30.5. The third-order valence-corrected chi connectivity index (χ3v) is 5.77. The molecule has 0 aliphatic carbocycles. The maximum Gasteiger partial charge on any atom is 0.229 e. The Bertz CT molecular complexity index is 907. The van der Waals surface area contributed by atoms with Crippen LogP contribution in [0, 0.1) is 0 Å². The van der Waals surface area contributed by atoms with E-state index in [4.69, 9.17) is 27.9 Å². The summed E-state index contributed by atoms with van der Waals surface area (Å²) in [5.74, 6) is 0.545. The zero-order valence-corrected chi connectivity index (χ0v) is 18.9. The Morgan fingerprint density at radius 1 is 1.14 bits per heavy atom. The van der Waals surface area contributed by atoms with E-state index in [9.17, 15) is 13.5 Å². The van der Waals surface area contributed by atoms with Crippen molar-refractivity contribution in [2.24, 2.45) is 0 Å². The molecule has 0 radical (unpaired) electrons. The molecule has 160 valence electrons. The molecule has 0 aliphatic heterocycles. The number of anilines is 1. The predicted molar refractivity (Wildman–Crippen MR) is 119 cm³/mol. The number of aliphatic hydroxyl groups is 1. The van der Waals surface area contributed by atoms with Gasteiger partial charge >= 0.3 is 0 Å². The molecular formula is C20H26Cl2N2O4S. The molecule has 29 heavy (non-hydrogen) atoms. The molecule has 0 aliphatic rings. The van der Waals surface area contributed by atoms with E-state index in [-0.39, 0.29) is 12.6 Å². The van der Waals surface area contributed by atoms with Crippen molar-refractivity contribution in [2.45, 2.75) is 26.0 Å². The van der Waals surface area contributed by atoms with Crippen LogP contribution >= 0.6 is 23.2 Å². The van der Waals surface area contributed by atoms with E-state index in [0.717, 1.165) is 18.4 Å². The van der Waals surface area contributed by atoms with Crippen LogP contribution in [0.4, 0.5) is 5.69 Å². The number of halogens is 2. The minimum atomic E-state index is -3.32. The zero-order valence-electron chi connectivity index (χ0n) is 16.6. The Balaban J connectivity index is 1.91. The summed E-state index contributed by atoms with van der Waals surface area (Å²) in [6, 6.07) is 12.1. The normalized spacial score (nSPS) is 13.9. The van der Waals surface area contributed by atoms with Gasteiger partial charge in [-0.3, -0.25) is 9.62 Å². The van der Waals surface area contributed by atoms with E-state index in [1.807, 2.05) is 26.0 Å². The number of hydrogen-bond donors (Lipinski definition) is 2. The fraction of sp³-hybridized carbons (Fsp3) is 0.400. The second-order valence-electron chi connectivity index (χ2n) is 6.80. The van der Waals surface area contributed by atoms with Crippen molar-refractivity contribution in [1.29, 1.82) is 0 Å². The largest absolute Gasteiger partial charge is 0.491 e. The molecule has 0 saturated heterocycles. The van der Waals surface area contributed by atoms with Crippen LogP contribution in [0.5, 0.6) is 5.75 Å². The quantitative estimate of drug-likeness (QED) is 0.555. The molecule has 0 saturated carbocycles. The van der Waals surface area contributed by atoms with Crippen LogP contribution in [0.3, 0.4) is 0 Å². The number of sulfonamides is 1. The molecule has 0 heterocycles. The number of nitrogens with zero attached hydrogens (tertiary/aromatic N) is 1. The molecule has 2 rings (SSSR count). The number of nitrogens with one attached hydrogen (secondary N) is 1. The van der Waals surface area contributed by atoms with Crippen LogP contribution in [0.25, 0.3) is 0 Å². The molecule has 9 heteroatoms. The summed E-state index contributed by atoms with van der Waals surface area (Å²) in [5, 5.41) is 11.4. The summed E-state index contributed by atoms with van der Waals surface area (Å²) in [4.78, 5) is 2.12. The van der Waals surface area contributed by atoms with Gasteiger partial charge in [0.05, 0.1) is 16.3 Å². The summed E-state index contributed by atoms with van der Waals surface area (Å²) in [5.41, 5.74) is 1.47. The van der Waals surface area contributed by atoms with Crippen LogP contribution in [0.1, 0.15) is 25.5 Å². The Morgan fingerprint density at radius 2 is 1.79 bits per heavy atom. The number of aliphatic hydroxyl groups excluding tert-OH is 1. The van der Waals surface area contributed by atoms with Crippen LogP contribution < -0.4 is 9.46 Å². The van der Waals surface area contributed by atoms with E-state index < -0.39 is 16.1 Å². The lowest BCUT2D eigenvalue weighted by molar-refractivity contribution is 0.0568. The van der Waals surface area contributed by atoms with E-state index in [0.29, 0.717) is 28.0 Å². The van der Waals surface area contributed by atoms with Crippen molar-refractivity contribution in [3.8, 4) is 5.75 Å². The van der Waals surface area contributed by atoms with Gasteiger partial charge in [0.1, 0.15) is 18.5 Å². The Morgan fingerprint density at radius 3 is 2.34 bits per heavy atom. The van der Waals surface area contributed by atoms with Gasteiger partial charge in [-0.05, 0) is 55.4 Å². The Hall–Kier alpha value is -1.51. The summed E-state index contributed by atoms with van der Waals surface area (Å²) in [7, 11) is -3.32. The van der Waals surface area contributed by atoms with Crippen molar-refractivity contribution in [1.82, 2.24) is 4.90 Å². The first-order chi connectivity index (χ1) is 13.6. The maximum atomic E-state index is 11.2. The Kier molecular flexibility index (Phi) is 8.60. The molecule has 2 aromatic rings. The van der Waals surface area contributed by atoms with Crippen molar-refractivity contribution in [3.05, 3.63) is 58.1 Å². The molecule has 6 nitrogen and oxygen atoms in total. The van der Waals surface area contributed by atoms with Gasteiger partial charge in [-0.25, -0.2) is 8.42 Å². The molecule has 0 fully saturated rings. The molecule has 2 atom stereocenters. The molecule has 0 amide bonds. The SMILES string of the molecule is CCN(C[C@H](O)COc1ccc(NS(C)(=O)=O)cc1)C(C)c1ccc(Cl)c(Cl)c1. The maximum absolute atomic E-state index is 11.2. The Labute approximate surface area is 182 Å². The van der Waals surface area contributed by atoms with Crippen molar-refractivity contribution in [2.75, 3.05) is 30.7 Å². The fourth-order valence-corrected chi connectivity index (χ4v) is 3.76. The monoisotopic (exact) mass is 460 g/mol. The van der Waals surface area contributed by atoms with Gasteiger partial charge < -0.3 is 9.84 Å². The van der Waals surface area contributed by atoms with Crippen LogP contribution in [0.2, 0.25) is 10.0 Å². The molecule has 2 aromatic carbocycles. The molecule has 0 aromatic heterocycles. The first-order valence-electron chi connectivity index (χ1n) is 9.16. The van der Waals surface area contributed by atoms with Gasteiger partial charge in [-0.15, -0.1) is 0 Å². The average molecular weight is 461 g/mol.